The predicted molar refractivity (Wildman–Crippen MR) is 78.8 cm³/mol. The molecule has 0 aromatic rings. The topological polar surface area (TPSA) is 0 Å². The van der Waals surface area contributed by atoms with Crippen LogP contribution in [0.25, 0.3) is 0 Å². The lowest BCUT2D eigenvalue weighted by Crippen LogP contribution is -2.48. The molecular weight excluding hydrogens is 228 g/mol. The van der Waals surface area contributed by atoms with E-state index in [-0.39, 0.29) is 0 Å². The highest BCUT2D eigenvalue weighted by molar-refractivity contribution is 5.17. The number of fused-ring (bicyclic) bond motifs is 7. The maximum absolute atomic E-state index is 1.68. The maximum Gasteiger partial charge on any atom is -0.0204 e. The molecule has 0 nitrogen and oxygen atoms in total. The Balaban J connectivity index is 1.60. The van der Waals surface area contributed by atoms with E-state index in [9.17, 15) is 0 Å². The van der Waals surface area contributed by atoms with E-state index in [2.05, 4.69) is 0 Å². The molecule has 5 fully saturated rings. The van der Waals surface area contributed by atoms with Gasteiger partial charge in [-0.15, -0.1) is 0 Å². The Labute approximate surface area is 118 Å². The normalized spacial score (nSPS) is 59.4. The summed E-state index contributed by atoms with van der Waals surface area (Å²) in [5.74, 6) is 4.70. The molecule has 0 aliphatic heterocycles. The molecule has 5 aliphatic rings. The van der Waals surface area contributed by atoms with E-state index >= 15 is 0 Å². The fourth-order valence-corrected chi connectivity index (χ4v) is 8.51. The van der Waals surface area contributed by atoms with Crippen molar-refractivity contribution >= 4 is 0 Å². The third-order valence-corrected chi connectivity index (χ3v) is 8.85. The molecule has 0 heterocycles. The highest BCUT2D eigenvalue weighted by atomic mass is 14.7. The molecule has 5 saturated carbocycles. The molecule has 0 aromatic carbocycles. The zero-order valence-corrected chi connectivity index (χ0v) is 12.5. The summed E-state index contributed by atoms with van der Waals surface area (Å²) in [4.78, 5) is 0. The zero-order chi connectivity index (χ0) is 12.5. The van der Waals surface area contributed by atoms with Gasteiger partial charge in [0.15, 0.2) is 0 Å². The standard InChI is InChI=1S/C19H30/c1-2-10-18(11-4-6-15(18)5-1)19-12-9-14(13-19)16-7-3-8-17(16)19/h14-17H,1-13H2. The minimum absolute atomic E-state index is 0.851. The van der Waals surface area contributed by atoms with Crippen molar-refractivity contribution < 1.29 is 0 Å². The SMILES string of the molecule is C1CCC2(C34CCC(C3)C3CCCC34)CCCC2C1. The van der Waals surface area contributed by atoms with Gasteiger partial charge in [0.05, 0.1) is 0 Å². The van der Waals surface area contributed by atoms with Gasteiger partial charge in [-0.2, -0.15) is 0 Å². The summed E-state index contributed by atoms with van der Waals surface area (Å²) in [6.07, 6.45) is 20.9. The lowest BCUT2D eigenvalue weighted by Gasteiger charge is -2.56. The van der Waals surface area contributed by atoms with Gasteiger partial charge in [0.1, 0.15) is 0 Å². The van der Waals surface area contributed by atoms with E-state index in [4.69, 9.17) is 0 Å². The van der Waals surface area contributed by atoms with Crippen molar-refractivity contribution in [1.82, 2.24) is 0 Å². The first-order valence-electron chi connectivity index (χ1n) is 9.36. The van der Waals surface area contributed by atoms with Crippen LogP contribution < -0.4 is 0 Å². The Hall–Kier alpha value is 0. The van der Waals surface area contributed by atoms with Gasteiger partial charge in [0, 0.05) is 0 Å². The van der Waals surface area contributed by atoms with Crippen molar-refractivity contribution in [3.63, 3.8) is 0 Å². The smallest absolute Gasteiger partial charge is 0.0204 e. The van der Waals surface area contributed by atoms with E-state index in [0.717, 1.165) is 16.7 Å². The van der Waals surface area contributed by atoms with E-state index in [1.54, 1.807) is 83.5 Å². The van der Waals surface area contributed by atoms with Crippen LogP contribution in [0.3, 0.4) is 0 Å². The predicted octanol–water partition coefficient (Wildman–Crippen LogP) is 5.56. The molecule has 0 spiro atoms. The molecule has 0 heteroatoms. The van der Waals surface area contributed by atoms with E-state index in [0.29, 0.717) is 0 Å². The number of hydrogen-bond donors (Lipinski definition) is 0. The van der Waals surface area contributed by atoms with Crippen LogP contribution in [0.4, 0.5) is 0 Å². The minimum atomic E-state index is 0.851. The molecule has 0 N–H and O–H groups in total. The summed E-state index contributed by atoms with van der Waals surface area (Å²) >= 11 is 0. The quantitative estimate of drug-likeness (QED) is 0.577. The monoisotopic (exact) mass is 258 g/mol. The average Bonchev–Trinajstić information content (AvgIpc) is 3.19. The molecule has 5 rings (SSSR count). The van der Waals surface area contributed by atoms with Crippen LogP contribution in [0.2, 0.25) is 0 Å². The van der Waals surface area contributed by atoms with Crippen LogP contribution in [-0.4, -0.2) is 0 Å². The van der Waals surface area contributed by atoms with E-state index in [1.807, 2.05) is 0 Å². The van der Waals surface area contributed by atoms with Gasteiger partial charge in [-0.25, -0.2) is 0 Å². The van der Waals surface area contributed by atoms with Crippen molar-refractivity contribution in [3.8, 4) is 0 Å². The molecule has 6 unspecified atom stereocenters. The second-order valence-electron chi connectivity index (χ2n) is 8.85. The van der Waals surface area contributed by atoms with E-state index < -0.39 is 0 Å². The second kappa shape index (κ2) is 3.80. The largest absolute Gasteiger partial charge is 0.0530 e. The molecule has 6 atom stereocenters. The second-order valence-corrected chi connectivity index (χ2v) is 8.85. The molecule has 0 radical (unpaired) electrons. The summed E-state index contributed by atoms with van der Waals surface area (Å²) < 4.78 is 0. The fourth-order valence-electron chi connectivity index (χ4n) is 8.51. The molecule has 2 bridgehead atoms. The maximum atomic E-state index is 1.68. The molecule has 19 heavy (non-hydrogen) atoms. The number of rotatable bonds is 1. The first kappa shape index (κ1) is 11.6. The van der Waals surface area contributed by atoms with Gasteiger partial charge < -0.3 is 0 Å². The highest BCUT2D eigenvalue weighted by Crippen LogP contribution is 2.77. The molecule has 0 amide bonds. The first-order chi connectivity index (χ1) is 9.36. The molecule has 0 saturated heterocycles. The highest BCUT2D eigenvalue weighted by Gasteiger charge is 2.68. The Kier molecular flexibility index (Phi) is 2.33. The zero-order valence-electron chi connectivity index (χ0n) is 12.5. The Morgan fingerprint density at radius 2 is 1.53 bits per heavy atom. The van der Waals surface area contributed by atoms with Gasteiger partial charge in [0.25, 0.3) is 0 Å². The Morgan fingerprint density at radius 3 is 2.53 bits per heavy atom. The van der Waals surface area contributed by atoms with Crippen molar-refractivity contribution in [2.75, 3.05) is 0 Å². The summed E-state index contributed by atoms with van der Waals surface area (Å²) in [6, 6.07) is 0. The van der Waals surface area contributed by atoms with Gasteiger partial charge in [-0.05, 0) is 92.3 Å². The van der Waals surface area contributed by atoms with Gasteiger partial charge >= 0.3 is 0 Å². The van der Waals surface area contributed by atoms with Crippen LogP contribution >= 0.6 is 0 Å². The minimum Gasteiger partial charge on any atom is -0.0530 e. The summed E-state index contributed by atoms with van der Waals surface area (Å²) in [5, 5.41) is 0. The molecule has 106 valence electrons. The van der Waals surface area contributed by atoms with E-state index in [1.165, 1.54) is 17.8 Å². The molecular formula is C19H30. The van der Waals surface area contributed by atoms with Crippen LogP contribution in [0, 0.1) is 34.5 Å². The van der Waals surface area contributed by atoms with Crippen molar-refractivity contribution in [2.45, 2.75) is 83.5 Å². The Bertz CT molecular complexity index is 385. The molecule has 5 aliphatic carbocycles. The number of hydrogen-bond acceptors (Lipinski definition) is 0. The summed E-state index contributed by atoms with van der Waals surface area (Å²) in [5.41, 5.74) is 1.71. The van der Waals surface area contributed by atoms with Crippen LogP contribution in [-0.2, 0) is 0 Å². The average molecular weight is 258 g/mol. The van der Waals surface area contributed by atoms with Gasteiger partial charge in [-0.3, -0.25) is 0 Å². The lowest BCUT2D eigenvalue weighted by atomic mass is 9.49. The Morgan fingerprint density at radius 1 is 0.632 bits per heavy atom. The summed E-state index contributed by atoms with van der Waals surface area (Å²) in [6.45, 7) is 0. The van der Waals surface area contributed by atoms with Gasteiger partial charge in [0.2, 0.25) is 0 Å². The lowest BCUT2D eigenvalue weighted by molar-refractivity contribution is -0.0688. The summed E-state index contributed by atoms with van der Waals surface area (Å²) in [7, 11) is 0. The third-order valence-electron chi connectivity index (χ3n) is 8.85. The molecule has 0 aromatic heterocycles. The third kappa shape index (κ3) is 1.24. The van der Waals surface area contributed by atoms with Crippen molar-refractivity contribution in [1.29, 1.82) is 0 Å². The van der Waals surface area contributed by atoms with Crippen LogP contribution in [0.1, 0.15) is 83.5 Å². The van der Waals surface area contributed by atoms with Crippen molar-refractivity contribution in [3.05, 3.63) is 0 Å². The van der Waals surface area contributed by atoms with Crippen LogP contribution in [0.15, 0.2) is 0 Å². The van der Waals surface area contributed by atoms with Crippen molar-refractivity contribution in [2.24, 2.45) is 34.5 Å². The van der Waals surface area contributed by atoms with Gasteiger partial charge in [-0.1, -0.05) is 25.7 Å². The first-order valence-corrected chi connectivity index (χ1v) is 9.36. The van der Waals surface area contributed by atoms with Crippen LogP contribution in [0.5, 0.6) is 0 Å². The fraction of sp³-hybridized carbons (Fsp3) is 1.00.